The predicted molar refractivity (Wildman–Crippen MR) is 238 cm³/mol. The summed E-state index contributed by atoms with van der Waals surface area (Å²) in [7, 11) is 0. The molecule has 0 radical (unpaired) electrons. The van der Waals surface area contributed by atoms with Gasteiger partial charge < -0.3 is 4.90 Å². The molecule has 8 aromatic carbocycles. The van der Waals surface area contributed by atoms with E-state index in [1.54, 1.807) is 0 Å². The Labute approximate surface area is 330 Å². The van der Waals surface area contributed by atoms with Crippen LogP contribution in [0.3, 0.4) is 0 Å². The zero-order chi connectivity index (χ0) is 37.7. The van der Waals surface area contributed by atoms with Crippen LogP contribution in [-0.4, -0.2) is 15.0 Å². The molecule has 0 aliphatic heterocycles. The number of nitrogens with zero attached hydrogens (tertiary/aromatic N) is 4. The van der Waals surface area contributed by atoms with E-state index < -0.39 is 0 Å². The molecule has 0 saturated heterocycles. The summed E-state index contributed by atoms with van der Waals surface area (Å²) in [4.78, 5) is 18.4. The van der Waals surface area contributed by atoms with Crippen molar-refractivity contribution in [1.29, 1.82) is 0 Å². The molecule has 0 saturated carbocycles. The average Bonchev–Trinajstić information content (AvgIpc) is 3.29. The van der Waals surface area contributed by atoms with Gasteiger partial charge in [-0.3, -0.25) is 0 Å². The second-order valence-corrected chi connectivity index (χ2v) is 14.4. The topological polar surface area (TPSA) is 41.9 Å². The molecule has 0 amide bonds. The second-order valence-electron chi connectivity index (χ2n) is 14.4. The molecule has 0 unspecified atom stereocenters. The van der Waals surface area contributed by atoms with Gasteiger partial charge in [0.25, 0.3) is 0 Å². The zero-order valence-corrected chi connectivity index (χ0v) is 30.9. The van der Waals surface area contributed by atoms with Gasteiger partial charge in [0, 0.05) is 55.0 Å². The summed E-state index contributed by atoms with van der Waals surface area (Å²) in [5, 5.41) is 7.79. The van der Waals surface area contributed by atoms with Gasteiger partial charge in [0.2, 0.25) is 0 Å². The number of para-hydroxylation sites is 3. The van der Waals surface area contributed by atoms with Gasteiger partial charge in [-0.2, -0.15) is 0 Å². The van der Waals surface area contributed by atoms with Gasteiger partial charge in [0.15, 0.2) is 0 Å². The van der Waals surface area contributed by atoms with Crippen LogP contribution >= 0.6 is 0 Å². The molecule has 57 heavy (non-hydrogen) atoms. The van der Waals surface area contributed by atoms with Crippen molar-refractivity contribution in [1.82, 2.24) is 15.0 Å². The number of aromatic nitrogens is 3. The lowest BCUT2D eigenvalue weighted by Gasteiger charge is -2.27. The van der Waals surface area contributed by atoms with Crippen LogP contribution < -0.4 is 4.90 Å². The van der Waals surface area contributed by atoms with E-state index in [4.69, 9.17) is 15.0 Å². The quantitative estimate of drug-likeness (QED) is 0.160. The number of anilines is 3. The first-order valence-corrected chi connectivity index (χ1v) is 19.3. The van der Waals surface area contributed by atoms with Gasteiger partial charge in [0.1, 0.15) is 0 Å². The van der Waals surface area contributed by atoms with Crippen molar-refractivity contribution in [2.24, 2.45) is 0 Å². The fourth-order valence-electron chi connectivity index (χ4n) is 8.36. The van der Waals surface area contributed by atoms with E-state index in [-0.39, 0.29) is 0 Å². The molecule has 11 rings (SSSR count). The number of hydrogen-bond donors (Lipinski definition) is 0. The summed E-state index contributed by atoms with van der Waals surface area (Å²) in [6.45, 7) is 0. The molecule has 3 heterocycles. The molecule has 0 N–H and O–H groups in total. The van der Waals surface area contributed by atoms with Crippen LogP contribution in [0.25, 0.3) is 88.0 Å². The normalized spacial score (nSPS) is 11.5. The van der Waals surface area contributed by atoms with E-state index in [9.17, 15) is 0 Å². The van der Waals surface area contributed by atoms with Crippen molar-refractivity contribution < 1.29 is 0 Å². The predicted octanol–water partition coefficient (Wildman–Crippen LogP) is 14.1. The molecule has 11 aromatic rings. The summed E-state index contributed by atoms with van der Waals surface area (Å²) in [5.41, 5.74) is 11.9. The molecule has 0 bridgehead atoms. The highest BCUT2D eigenvalue weighted by Crippen LogP contribution is 2.44. The Morgan fingerprint density at radius 3 is 1.51 bits per heavy atom. The highest BCUT2D eigenvalue weighted by atomic mass is 15.1. The van der Waals surface area contributed by atoms with Crippen LogP contribution in [0.15, 0.2) is 206 Å². The molecular weight excluding hydrogens is 693 g/mol. The molecule has 0 aliphatic rings. The summed E-state index contributed by atoms with van der Waals surface area (Å²) in [5.74, 6) is 0. The minimum Gasteiger partial charge on any atom is -0.308 e. The van der Waals surface area contributed by atoms with Crippen molar-refractivity contribution in [2.45, 2.75) is 0 Å². The van der Waals surface area contributed by atoms with Gasteiger partial charge in [0.05, 0.1) is 39.3 Å². The van der Waals surface area contributed by atoms with E-state index in [2.05, 4.69) is 205 Å². The number of hydrogen-bond acceptors (Lipinski definition) is 4. The van der Waals surface area contributed by atoms with Crippen LogP contribution in [0, 0.1) is 0 Å². The van der Waals surface area contributed by atoms with Gasteiger partial charge in [-0.15, -0.1) is 0 Å². The van der Waals surface area contributed by atoms with E-state index in [0.717, 1.165) is 99.7 Å². The maximum Gasteiger partial charge on any atom is 0.0972 e. The monoisotopic (exact) mass is 726 g/mol. The summed E-state index contributed by atoms with van der Waals surface area (Å²) in [6.07, 6.45) is 0. The Morgan fingerprint density at radius 2 is 0.842 bits per heavy atom. The maximum absolute atomic E-state index is 5.56. The highest BCUT2D eigenvalue weighted by Gasteiger charge is 2.21. The lowest BCUT2D eigenvalue weighted by atomic mass is 9.92. The van der Waals surface area contributed by atoms with Crippen LogP contribution in [0.4, 0.5) is 17.1 Å². The van der Waals surface area contributed by atoms with Gasteiger partial charge in [-0.25, -0.2) is 15.0 Å². The first kappa shape index (κ1) is 32.7. The van der Waals surface area contributed by atoms with Crippen LogP contribution in [0.2, 0.25) is 0 Å². The Bertz CT molecular complexity index is 3240. The molecule has 0 atom stereocenters. The smallest absolute Gasteiger partial charge is 0.0972 e. The van der Waals surface area contributed by atoms with Crippen LogP contribution in [0.5, 0.6) is 0 Å². The number of pyridine rings is 3. The number of fused-ring (bicyclic) bond motifs is 8. The first-order chi connectivity index (χ1) is 28.3. The Hall–Kier alpha value is -7.69. The number of rotatable bonds is 6. The summed E-state index contributed by atoms with van der Waals surface area (Å²) in [6, 6.07) is 72.5. The minimum atomic E-state index is 0.896. The minimum absolute atomic E-state index is 0.896. The molecule has 3 aromatic heterocycles. The number of benzene rings is 8. The lowest BCUT2D eigenvalue weighted by molar-refractivity contribution is 1.28. The van der Waals surface area contributed by atoms with Crippen molar-refractivity contribution in [2.75, 3.05) is 4.90 Å². The van der Waals surface area contributed by atoms with E-state index in [1.807, 2.05) is 6.07 Å². The molecule has 0 spiro atoms. The maximum atomic E-state index is 5.56. The fraction of sp³-hybridized carbons (Fsp3) is 0. The SMILES string of the molecule is c1ccc(-c2ccc3ccc4ccc(-c5cccc6c5ccc5c(-c7ccccc7)nc7c(N(c8ccccc8)c8ccccc8)cccc7c56)nc4c3n2)cc1. The lowest BCUT2D eigenvalue weighted by Crippen LogP contribution is -2.11. The van der Waals surface area contributed by atoms with Crippen molar-refractivity contribution in [3.05, 3.63) is 206 Å². The molecule has 0 fully saturated rings. The molecule has 0 aliphatic carbocycles. The first-order valence-electron chi connectivity index (χ1n) is 19.3. The van der Waals surface area contributed by atoms with Crippen molar-refractivity contribution >= 4 is 71.3 Å². The summed E-state index contributed by atoms with van der Waals surface area (Å²) >= 11 is 0. The fourth-order valence-corrected chi connectivity index (χ4v) is 8.36. The van der Waals surface area contributed by atoms with E-state index in [0.29, 0.717) is 0 Å². The third kappa shape index (κ3) is 5.58. The second kappa shape index (κ2) is 13.6. The third-order valence-corrected chi connectivity index (χ3v) is 11.0. The molecule has 266 valence electrons. The standard InChI is InChI=1S/C53H34N4/c1-5-15-35(16-6-1)46-33-29-37-27-28-38-30-34-47(55-52(38)51(37)54-46)42-23-13-24-43-41(42)31-32-45-49(43)44-25-14-26-48(53(44)56-50(45)36-17-7-2-8-18-36)57(39-19-9-3-10-20-39)40-21-11-4-12-22-40/h1-34H. The highest BCUT2D eigenvalue weighted by molar-refractivity contribution is 6.25. The zero-order valence-electron chi connectivity index (χ0n) is 30.9. The molecule has 4 nitrogen and oxygen atoms in total. The van der Waals surface area contributed by atoms with Crippen LogP contribution in [-0.2, 0) is 0 Å². The Morgan fingerprint density at radius 1 is 0.316 bits per heavy atom. The summed E-state index contributed by atoms with van der Waals surface area (Å²) < 4.78 is 0. The molecule has 4 heteroatoms. The van der Waals surface area contributed by atoms with Gasteiger partial charge in [-0.1, -0.05) is 164 Å². The van der Waals surface area contributed by atoms with E-state index in [1.165, 1.54) is 5.39 Å². The molecular formula is C53H34N4. The van der Waals surface area contributed by atoms with Crippen molar-refractivity contribution in [3.8, 4) is 33.8 Å². The average molecular weight is 727 g/mol. The Balaban J connectivity index is 1.18. The van der Waals surface area contributed by atoms with Crippen LogP contribution in [0.1, 0.15) is 0 Å². The Kier molecular flexibility index (Phi) is 7.78. The van der Waals surface area contributed by atoms with E-state index >= 15 is 0 Å². The van der Waals surface area contributed by atoms with Crippen molar-refractivity contribution in [3.63, 3.8) is 0 Å². The third-order valence-electron chi connectivity index (χ3n) is 11.0. The largest absolute Gasteiger partial charge is 0.308 e. The van der Waals surface area contributed by atoms with Gasteiger partial charge in [-0.05, 0) is 53.2 Å². The van der Waals surface area contributed by atoms with Gasteiger partial charge >= 0.3 is 0 Å².